The molecular formula is C30H32O10. The van der Waals surface area contributed by atoms with Crippen LogP contribution < -0.4 is 0 Å². The highest BCUT2D eigenvalue weighted by Gasteiger charge is 2.64. The van der Waals surface area contributed by atoms with Crippen LogP contribution in [0.1, 0.15) is 36.5 Å². The summed E-state index contributed by atoms with van der Waals surface area (Å²) < 4.78 is 55.0. The lowest BCUT2D eigenvalue weighted by atomic mass is 9.76. The van der Waals surface area contributed by atoms with Crippen LogP contribution >= 0.6 is 0 Å². The van der Waals surface area contributed by atoms with Crippen molar-refractivity contribution in [2.45, 2.75) is 68.0 Å². The molecule has 0 aromatic heterocycles. The molecule has 3 fully saturated rings. The van der Waals surface area contributed by atoms with Gasteiger partial charge < -0.3 is 42.6 Å². The van der Waals surface area contributed by atoms with E-state index >= 15 is 0 Å². The fraction of sp³-hybridized carbons (Fsp3) is 0.500. The minimum absolute atomic E-state index is 0.211. The fourth-order valence-electron chi connectivity index (χ4n) is 6.29. The number of methoxy groups -OCH3 is 2. The maximum absolute atomic E-state index is 14.0. The Kier molecular flexibility index (Phi) is 6.97. The number of hydrogen-bond acceptors (Lipinski definition) is 10. The third-order valence-corrected chi connectivity index (χ3v) is 8.23. The Labute approximate surface area is 232 Å². The molecule has 9 atom stereocenters. The van der Waals surface area contributed by atoms with E-state index in [4.69, 9.17) is 42.6 Å². The van der Waals surface area contributed by atoms with Crippen molar-refractivity contribution in [2.24, 2.45) is 0 Å². The second-order valence-corrected chi connectivity index (χ2v) is 10.5. The lowest BCUT2D eigenvalue weighted by molar-refractivity contribution is -0.346. The van der Waals surface area contributed by atoms with E-state index in [0.29, 0.717) is 25.2 Å². The van der Waals surface area contributed by atoms with Crippen LogP contribution in [0.4, 0.5) is 0 Å². The molecule has 2 aromatic carbocycles. The Morgan fingerprint density at radius 2 is 1.35 bits per heavy atom. The first kappa shape index (κ1) is 26.2. The van der Waals surface area contributed by atoms with Gasteiger partial charge in [0.1, 0.15) is 24.4 Å². The first-order valence-corrected chi connectivity index (χ1v) is 13.6. The highest BCUT2D eigenvalue weighted by molar-refractivity contribution is 5.92. The lowest BCUT2D eigenvalue weighted by Crippen LogP contribution is -2.70. The van der Waals surface area contributed by atoms with E-state index in [2.05, 4.69) is 0 Å². The standard InChI is InChI=1S/C30H32O10/c1-32-28-23-19(22-20(36-28)15-34-26(38-22)17-9-5-3-6-10-17)13-14-30(40-23)24(31)29(33-2)37-21-16-35-27(39-25(21)30)18-11-7-4-8-12-18/h3-12,20-22,25-29H,13-16H2,1-2H3/t20-,21-,22+,25+,26-,27+,28+,29-,30-/m1/s1. The number of carbonyl (C=O) groups is 1. The molecule has 3 saturated heterocycles. The van der Waals surface area contributed by atoms with E-state index < -0.39 is 49.1 Å². The summed E-state index contributed by atoms with van der Waals surface area (Å²) in [5.74, 6) is 0.0856. The van der Waals surface area contributed by atoms with Crippen molar-refractivity contribution in [1.82, 2.24) is 0 Å². The molecule has 5 aliphatic heterocycles. The number of ketones is 1. The molecule has 40 heavy (non-hydrogen) atoms. The van der Waals surface area contributed by atoms with Crippen molar-refractivity contribution in [3.8, 4) is 0 Å². The van der Waals surface area contributed by atoms with Crippen LogP contribution in [0.15, 0.2) is 72.0 Å². The molecule has 2 aromatic rings. The summed E-state index contributed by atoms with van der Waals surface area (Å²) in [6.07, 6.45) is -4.47. The molecule has 10 heteroatoms. The van der Waals surface area contributed by atoms with Gasteiger partial charge in [0.2, 0.25) is 24.0 Å². The Morgan fingerprint density at radius 1 is 0.750 bits per heavy atom. The number of rotatable bonds is 4. The van der Waals surface area contributed by atoms with Gasteiger partial charge in [-0.1, -0.05) is 60.7 Å². The summed E-state index contributed by atoms with van der Waals surface area (Å²) in [6, 6.07) is 19.4. The van der Waals surface area contributed by atoms with Gasteiger partial charge in [-0.15, -0.1) is 0 Å². The summed E-state index contributed by atoms with van der Waals surface area (Å²) in [6.45, 7) is 0.539. The molecule has 212 valence electrons. The van der Waals surface area contributed by atoms with Crippen molar-refractivity contribution in [1.29, 1.82) is 0 Å². The van der Waals surface area contributed by atoms with Gasteiger partial charge in [-0.05, 0) is 6.42 Å². The Morgan fingerprint density at radius 3 is 2.00 bits per heavy atom. The minimum Gasteiger partial charge on any atom is -0.475 e. The number of ether oxygens (including phenoxy) is 9. The highest BCUT2D eigenvalue weighted by atomic mass is 16.8. The number of Topliss-reactive ketones (excluding diaryl/α,β-unsaturated/α-hetero) is 1. The molecule has 0 bridgehead atoms. The summed E-state index contributed by atoms with van der Waals surface area (Å²) in [5, 5.41) is 0. The SMILES string of the molecule is CO[C@@H]1O[C@@H]2CO[C@H](c3ccccc3)O[C@@H]2[C@@]2(CCC3=C(O2)[C@@H](OC)O[C@@H]2CO[C@@H](c4ccccc4)O[C@@H]32)C1=O. The maximum Gasteiger partial charge on any atom is 0.234 e. The van der Waals surface area contributed by atoms with Crippen LogP contribution in [0, 0.1) is 0 Å². The predicted octanol–water partition coefficient (Wildman–Crippen LogP) is 3.33. The summed E-state index contributed by atoms with van der Waals surface area (Å²) in [7, 11) is 2.98. The van der Waals surface area contributed by atoms with Gasteiger partial charge in [0.15, 0.2) is 18.3 Å². The molecule has 0 radical (unpaired) electrons. The second kappa shape index (κ2) is 10.6. The second-order valence-electron chi connectivity index (χ2n) is 10.5. The minimum atomic E-state index is -1.39. The van der Waals surface area contributed by atoms with Crippen molar-refractivity contribution in [3.63, 3.8) is 0 Å². The molecule has 5 heterocycles. The molecular weight excluding hydrogens is 520 g/mol. The van der Waals surface area contributed by atoms with E-state index in [9.17, 15) is 4.79 Å². The normalized spacial score (nSPS) is 39.2. The van der Waals surface area contributed by atoms with E-state index in [1.807, 2.05) is 60.7 Å². The van der Waals surface area contributed by atoms with Crippen molar-refractivity contribution in [2.75, 3.05) is 27.4 Å². The van der Waals surface area contributed by atoms with Crippen molar-refractivity contribution >= 4 is 5.78 Å². The molecule has 0 aliphatic carbocycles. The topological polar surface area (TPSA) is 100 Å². The zero-order chi connectivity index (χ0) is 27.3. The molecule has 0 saturated carbocycles. The van der Waals surface area contributed by atoms with Crippen LogP contribution in [0.2, 0.25) is 0 Å². The largest absolute Gasteiger partial charge is 0.475 e. The Balaban J connectivity index is 1.23. The molecule has 7 rings (SSSR count). The first-order valence-electron chi connectivity index (χ1n) is 13.6. The van der Waals surface area contributed by atoms with E-state index in [1.165, 1.54) is 7.11 Å². The Hall–Kier alpha value is -2.67. The maximum atomic E-state index is 14.0. The molecule has 0 N–H and O–H groups in total. The van der Waals surface area contributed by atoms with Crippen molar-refractivity contribution in [3.05, 3.63) is 83.1 Å². The smallest absolute Gasteiger partial charge is 0.234 e. The van der Waals surface area contributed by atoms with Gasteiger partial charge >= 0.3 is 0 Å². The monoisotopic (exact) mass is 552 g/mol. The zero-order valence-electron chi connectivity index (χ0n) is 22.3. The molecule has 1 spiro atoms. The van der Waals surface area contributed by atoms with Crippen LogP contribution in [0.5, 0.6) is 0 Å². The average molecular weight is 553 g/mol. The molecule has 5 aliphatic rings. The van der Waals surface area contributed by atoms with Gasteiger partial charge in [-0.3, -0.25) is 4.79 Å². The summed E-state index contributed by atoms with van der Waals surface area (Å²) >= 11 is 0. The van der Waals surface area contributed by atoms with Gasteiger partial charge in [0.25, 0.3) is 0 Å². The lowest BCUT2D eigenvalue weighted by Gasteiger charge is -2.54. The first-order chi connectivity index (χ1) is 19.6. The third-order valence-electron chi connectivity index (χ3n) is 8.23. The van der Waals surface area contributed by atoms with E-state index in [0.717, 1.165) is 16.7 Å². The van der Waals surface area contributed by atoms with Crippen molar-refractivity contribution < 1.29 is 47.4 Å². The van der Waals surface area contributed by atoms with E-state index in [-0.39, 0.29) is 18.5 Å². The van der Waals surface area contributed by atoms with Crippen LogP contribution in [-0.2, 0) is 47.4 Å². The van der Waals surface area contributed by atoms with Gasteiger partial charge in [-0.25, -0.2) is 0 Å². The van der Waals surface area contributed by atoms with Crippen LogP contribution in [-0.4, -0.2) is 75.8 Å². The summed E-state index contributed by atoms with van der Waals surface area (Å²) in [4.78, 5) is 14.0. The number of carbonyl (C=O) groups excluding carboxylic acids is 1. The van der Waals surface area contributed by atoms with Gasteiger partial charge in [0, 0.05) is 37.3 Å². The van der Waals surface area contributed by atoms with Gasteiger partial charge in [0.05, 0.1) is 13.2 Å². The van der Waals surface area contributed by atoms with E-state index in [1.54, 1.807) is 7.11 Å². The number of fused-ring (bicyclic) bond motifs is 4. The number of benzene rings is 2. The molecule has 0 amide bonds. The molecule has 10 nitrogen and oxygen atoms in total. The third kappa shape index (κ3) is 4.31. The van der Waals surface area contributed by atoms with Gasteiger partial charge in [-0.2, -0.15) is 0 Å². The fourth-order valence-corrected chi connectivity index (χ4v) is 6.29. The zero-order valence-corrected chi connectivity index (χ0v) is 22.3. The Bertz CT molecular complexity index is 1250. The number of hydrogen-bond donors (Lipinski definition) is 0. The predicted molar refractivity (Wildman–Crippen MR) is 136 cm³/mol. The average Bonchev–Trinajstić information content (AvgIpc) is 3.02. The van der Waals surface area contributed by atoms with Crippen LogP contribution in [0.25, 0.3) is 0 Å². The van der Waals surface area contributed by atoms with Crippen LogP contribution in [0.3, 0.4) is 0 Å². The summed E-state index contributed by atoms with van der Waals surface area (Å²) in [5.41, 5.74) is 1.26. The highest BCUT2D eigenvalue weighted by Crippen LogP contribution is 2.50. The quantitative estimate of drug-likeness (QED) is 0.562. The molecule has 0 unspecified atom stereocenters.